The van der Waals surface area contributed by atoms with E-state index in [0.29, 0.717) is 11.1 Å². The van der Waals surface area contributed by atoms with Gasteiger partial charge < -0.3 is 14.0 Å². The second-order valence-corrected chi connectivity index (χ2v) is 9.38. The standard InChI is InChI=1S/C30H22N4O2/c1-30(2)35-28(29(36-30)22-14-19(16-31)13-20(15-22)17-32)21-7-9-23(10-8-21)34-26-6-4-3-5-24(26)25-11-12-33-18-27(25)34/h3-15,18,28-29H,1-2H3/t28-,29-/m1/s1. The molecule has 5 aromatic rings. The molecule has 0 unspecified atom stereocenters. The van der Waals surface area contributed by atoms with Crippen LogP contribution in [0.25, 0.3) is 27.5 Å². The molecule has 0 spiro atoms. The molecule has 6 heteroatoms. The lowest BCUT2D eigenvalue weighted by atomic mass is 9.95. The second-order valence-electron chi connectivity index (χ2n) is 9.38. The van der Waals surface area contributed by atoms with Crippen molar-refractivity contribution in [3.8, 4) is 17.8 Å². The van der Waals surface area contributed by atoms with Crippen LogP contribution in [0.5, 0.6) is 0 Å². The smallest absolute Gasteiger partial charge is 0.164 e. The number of aromatic nitrogens is 2. The maximum atomic E-state index is 9.44. The van der Waals surface area contributed by atoms with Gasteiger partial charge in [-0.3, -0.25) is 4.98 Å². The van der Waals surface area contributed by atoms with Crippen LogP contribution in [0.1, 0.15) is 48.3 Å². The summed E-state index contributed by atoms with van der Waals surface area (Å²) < 4.78 is 14.8. The average Bonchev–Trinajstić information content (AvgIpc) is 3.42. The molecule has 0 N–H and O–H groups in total. The monoisotopic (exact) mass is 470 g/mol. The first-order valence-corrected chi connectivity index (χ1v) is 11.7. The van der Waals surface area contributed by atoms with E-state index in [0.717, 1.165) is 33.2 Å². The fraction of sp³-hybridized carbons (Fsp3) is 0.167. The third-order valence-corrected chi connectivity index (χ3v) is 6.59. The van der Waals surface area contributed by atoms with Crippen molar-refractivity contribution in [2.45, 2.75) is 31.8 Å². The maximum Gasteiger partial charge on any atom is 0.164 e. The Morgan fingerprint density at radius 1 is 0.778 bits per heavy atom. The van der Waals surface area contributed by atoms with Crippen LogP contribution in [0, 0.1) is 22.7 Å². The minimum atomic E-state index is -0.817. The van der Waals surface area contributed by atoms with Crippen LogP contribution < -0.4 is 0 Å². The van der Waals surface area contributed by atoms with Crippen molar-refractivity contribution < 1.29 is 9.47 Å². The molecule has 0 amide bonds. The number of fused-ring (bicyclic) bond motifs is 3. The first-order valence-electron chi connectivity index (χ1n) is 11.7. The summed E-state index contributed by atoms with van der Waals surface area (Å²) in [6, 6.07) is 28.0. The van der Waals surface area contributed by atoms with E-state index in [1.165, 1.54) is 5.39 Å². The molecular formula is C30H22N4O2. The van der Waals surface area contributed by atoms with E-state index in [9.17, 15) is 10.5 Å². The normalized spacial score (nSPS) is 18.8. The molecule has 0 bridgehead atoms. The molecule has 2 atom stereocenters. The highest BCUT2D eigenvalue weighted by Crippen LogP contribution is 2.47. The van der Waals surface area contributed by atoms with E-state index in [-0.39, 0.29) is 0 Å². The van der Waals surface area contributed by atoms with Crippen LogP contribution in [0.3, 0.4) is 0 Å². The van der Waals surface area contributed by atoms with Crippen LogP contribution in [0.15, 0.2) is 85.2 Å². The minimum Gasteiger partial charge on any atom is -0.339 e. The molecular weight excluding hydrogens is 448 g/mol. The highest BCUT2D eigenvalue weighted by atomic mass is 16.7. The molecule has 1 fully saturated rings. The first kappa shape index (κ1) is 22.0. The van der Waals surface area contributed by atoms with Gasteiger partial charge in [-0.2, -0.15) is 10.5 Å². The number of benzene rings is 3. The van der Waals surface area contributed by atoms with Crippen molar-refractivity contribution in [2.24, 2.45) is 0 Å². The number of nitriles is 2. The molecule has 6 nitrogen and oxygen atoms in total. The first-order chi connectivity index (χ1) is 17.5. The van der Waals surface area contributed by atoms with Gasteiger partial charge in [-0.25, -0.2) is 0 Å². The summed E-state index contributed by atoms with van der Waals surface area (Å²) in [5, 5.41) is 21.2. The Morgan fingerprint density at radius 2 is 1.42 bits per heavy atom. The van der Waals surface area contributed by atoms with E-state index in [1.54, 1.807) is 18.2 Å². The number of nitrogens with zero attached hydrogens (tertiary/aromatic N) is 4. The Labute approximate surface area is 208 Å². The quantitative estimate of drug-likeness (QED) is 0.301. The largest absolute Gasteiger partial charge is 0.339 e. The average molecular weight is 471 g/mol. The summed E-state index contributed by atoms with van der Waals surface area (Å²) in [7, 11) is 0. The molecule has 2 aromatic heterocycles. The van der Waals surface area contributed by atoms with E-state index in [1.807, 2.05) is 56.6 Å². The summed E-state index contributed by atoms with van der Waals surface area (Å²) in [5.74, 6) is -0.817. The lowest BCUT2D eigenvalue weighted by Gasteiger charge is -2.19. The van der Waals surface area contributed by atoms with Gasteiger partial charge in [0.15, 0.2) is 5.79 Å². The number of hydrogen-bond acceptors (Lipinski definition) is 5. The van der Waals surface area contributed by atoms with Crippen molar-refractivity contribution in [1.82, 2.24) is 9.55 Å². The Bertz CT molecular complexity index is 1620. The van der Waals surface area contributed by atoms with Gasteiger partial charge in [0.25, 0.3) is 0 Å². The Morgan fingerprint density at radius 3 is 2.11 bits per heavy atom. The maximum absolute atomic E-state index is 9.44. The van der Waals surface area contributed by atoms with Gasteiger partial charge in [0.1, 0.15) is 12.2 Å². The number of rotatable bonds is 3. The van der Waals surface area contributed by atoms with Crippen molar-refractivity contribution in [3.63, 3.8) is 0 Å². The molecule has 3 heterocycles. The summed E-state index contributed by atoms with van der Waals surface area (Å²) in [5.41, 5.74) is 5.73. The summed E-state index contributed by atoms with van der Waals surface area (Å²) in [4.78, 5) is 4.36. The number of ether oxygens (including phenoxy) is 2. The molecule has 0 saturated carbocycles. The van der Waals surface area contributed by atoms with Crippen molar-refractivity contribution in [3.05, 3.63) is 107 Å². The molecule has 0 radical (unpaired) electrons. The van der Waals surface area contributed by atoms with Crippen molar-refractivity contribution in [2.75, 3.05) is 0 Å². The van der Waals surface area contributed by atoms with E-state index >= 15 is 0 Å². The van der Waals surface area contributed by atoms with E-state index in [4.69, 9.17) is 9.47 Å². The second kappa shape index (κ2) is 8.32. The molecule has 3 aromatic carbocycles. The van der Waals surface area contributed by atoms with Gasteiger partial charge in [0.05, 0.1) is 40.5 Å². The fourth-order valence-electron chi connectivity index (χ4n) is 5.10. The zero-order valence-corrected chi connectivity index (χ0v) is 19.8. The zero-order valence-electron chi connectivity index (χ0n) is 19.8. The minimum absolute atomic E-state index is 0.394. The molecule has 6 rings (SSSR count). The van der Waals surface area contributed by atoms with Crippen molar-refractivity contribution >= 4 is 21.8 Å². The van der Waals surface area contributed by atoms with E-state index < -0.39 is 18.0 Å². The van der Waals surface area contributed by atoms with E-state index in [2.05, 4.69) is 46.0 Å². The number of pyridine rings is 1. The van der Waals surface area contributed by atoms with Crippen molar-refractivity contribution in [1.29, 1.82) is 10.5 Å². The van der Waals surface area contributed by atoms with Gasteiger partial charge in [-0.05, 0) is 67.4 Å². The Balaban J connectivity index is 1.43. The topological polar surface area (TPSA) is 83.9 Å². The molecule has 1 saturated heterocycles. The molecule has 0 aliphatic carbocycles. The molecule has 1 aliphatic rings. The third kappa shape index (κ3) is 3.61. The van der Waals surface area contributed by atoms with Crippen LogP contribution in [-0.2, 0) is 9.47 Å². The third-order valence-electron chi connectivity index (χ3n) is 6.59. The summed E-state index contributed by atoms with van der Waals surface area (Å²) >= 11 is 0. The lowest BCUT2D eigenvalue weighted by molar-refractivity contribution is -0.147. The molecule has 174 valence electrons. The Kier molecular flexibility index (Phi) is 5.09. The number of hydrogen-bond donors (Lipinski definition) is 0. The highest BCUT2D eigenvalue weighted by Gasteiger charge is 2.43. The van der Waals surface area contributed by atoms with Crippen LogP contribution >= 0.6 is 0 Å². The van der Waals surface area contributed by atoms with Crippen LogP contribution in [0.2, 0.25) is 0 Å². The van der Waals surface area contributed by atoms with Crippen LogP contribution in [0.4, 0.5) is 0 Å². The SMILES string of the molecule is CC1(C)O[C@H](c2ccc(-n3c4ccccc4c4ccncc43)cc2)[C@@H](c2cc(C#N)cc(C#N)c2)O1. The fourth-order valence-corrected chi connectivity index (χ4v) is 5.10. The predicted octanol–water partition coefficient (Wildman–Crippen LogP) is 6.49. The zero-order chi connectivity index (χ0) is 24.9. The van der Waals surface area contributed by atoms with Gasteiger partial charge >= 0.3 is 0 Å². The van der Waals surface area contributed by atoms with Gasteiger partial charge in [-0.1, -0.05) is 30.3 Å². The number of para-hydroxylation sites is 1. The molecule has 1 aliphatic heterocycles. The van der Waals surface area contributed by atoms with Gasteiger partial charge in [0, 0.05) is 22.7 Å². The summed E-state index contributed by atoms with van der Waals surface area (Å²) in [6.45, 7) is 3.75. The highest BCUT2D eigenvalue weighted by molar-refractivity contribution is 6.08. The van der Waals surface area contributed by atoms with Gasteiger partial charge in [-0.15, -0.1) is 0 Å². The van der Waals surface area contributed by atoms with Gasteiger partial charge in [0.2, 0.25) is 0 Å². The summed E-state index contributed by atoms with van der Waals surface area (Å²) in [6.07, 6.45) is 2.86. The predicted molar refractivity (Wildman–Crippen MR) is 136 cm³/mol. The van der Waals surface area contributed by atoms with Crippen LogP contribution in [-0.4, -0.2) is 15.3 Å². The molecule has 36 heavy (non-hydrogen) atoms. The lowest BCUT2D eigenvalue weighted by Crippen LogP contribution is -2.20. The Hall–Kier alpha value is -4.49.